The Morgan fingerprint density at radius 3 is 2.00 bits per heavy atom. The van der Waals surface area contributed by atoms with Gasteiger partial charge in [0, 0.05) is 36.9 Å². The molecule has 1 atom stereocenters. The van der Waals surface area contributed by atoms with Crippen molar-refractivity contribution in [1.82, 2.24) is 14.9 Å². The van der Waals surface area contributed by atoms with Gasteiger partial charge >= 0.3 is 0 Å². The van der Waals surface area contributed by atoms with Gasteiger partial charge < -0.3 is 24.2 Å². The van der Waals surface area contributed by atoms with Crippen LogP contribution in [-0.4, -0.2) is 53.0 Å². The number of Topliss-reactive ketones (excluding diaryl/α,β-unsaturated/α-hetero) is 1. The average Bonchev–Trinajstić information content (AvgIpc) is 3.13. The van der Waals surface area contributed by atoms with Gasteiger partial charge in [-0.15, -0.1) is 0 Å². The molecule has 3 heterocycles. The minimum absolute atomic E-state index is 0.0421. The van der Waals surface area contributed by atoms with Crippen molar-refractivity contribution in [2.45, 2.75) is 12.6 Å². The molecule has 1 amide bonds. The summed E-state index contributed by atoms with van der Waals surface area (Å²) in [6.45, 7) is 0.127. The van der Waals surface area contributed by atoms with Crippen LogP contribution in [0.1, 0.15) is 22.7 Å². The van der Waals surface area contributed by atoms with Gasteiger partial charge in [0.05, 0.1) is 32.9 Å². The summed E-state index contributed by atoms with van der Waals surface area (Å²) < 4.78 is 16.4. The number of hydrogen-bond donors (Lipinski definition) is 1. The molecular weight excluding hydrogens is 438 g/mol. The summed E-state index contributed by atoms with van der Waals surface area (Å²) in [7, 11) is 4.44. The zero-order chi connectivity index (χ0) is 24.2. The topological polar surface area (TPSA) is 111 Å². The van der Waals surface area contributed by atoms with Crippen LogP contribution in [0, 0.1) is 0 Å². The number of likely N-dealkylation sites (tertiary alicyclic amines) is 1. The second kappa shape index (κ2) is 9.62. The van der Waals surface area contributed by atoms with Crippen molar-refractivity contribution in [1.29, 1.82) is 0 Å². The van der Waals surface area contributed by atoms with Crippen LogP contribution < -0.4 is 14.2 Å². The van der Waals surface area contributed by atoms with E-state index >= 15 is 0 Å². The molecule has 0 saturated carbocycles. The number of pyridine rings is 2. The number of amides is 1. The summed E-state index contributed by atoms with van der Waals surface area (Å²) >= 11 is 0. The fourth-order valence-corrected chi connectivity index (χ4v) is 4.00. The van der Waals surface area contributed by atoms with Gasteiger partial charge in [-0.25, -0.2) is 0 Å². The van der Waals surface area contributed by atoms with Crippen molar-refractivity contribution in [3.63, 3.8) is 0 Å². The van der Waals surface area contributed by atoms with Gasteiger partial charge in [0.2, 0.25) is 5.75 Å². The smallest absolute Gasteiger partial charge is 0.295 e. The van der Waals surface area contributed by atoms with Gasteiger partial charge in [-0.3, -0.25) is 19.6 Å². The maximum absolute atomic E-state index is 13.2. The molecule has 0 aliphatic carbocycles. The predicted molar refractivity (Wildman–Crippen MR) is 122 cm³/mol. The number of carbonyl (C=O) groups is 2. The molecule has 1 N–H and O–H groups in total. The highest BCUT2D eigenvalue weighted by atomic mass is 16.5. The summed E-state index contributed by atoms with van der Waals surface area (Å²) in [5, 5.41) is 11.1. The van der Waals surface area contributed by atoms with E-state index in [1.807, 2.05) is 0 Å². The lowest BCUT2D eigenvalue weighted by atomic mass is 9.94. The van der Waals surface area contributed by atoms with E-state index in [0.717, 1.165) is 5.56 Å². The highest BCUT2D eigenvalue weighted by molar-refractivity contribution is 6.46. The van der Waals surface area contributed by atoms with Gasteiger partial charge in [-0.1, -0.05) is 0 Å². The van der Waals surface area contributed by atoms with Crippen molar-refractivity contribution in [2.24, 2.45) is 0 Å². The number of aliphatic hydroxyl groups is 1. The molecule has 0 bridgehead atoms. The third kappa shape index (κ3) is 4.03. The van der Waals surface area contributed by atoms with E-state index < -0.39 is 17.7 Å². The average molecular weight is 461 g/mol. The van der Waals surface area contributed by atoms with E-state index in [4.69, 9.17) is 14.2 Å². The SMILES string of the molecule is COc1cc(C2/C(=C(\O)c3ccncc3)C(=O)C(=O)N2Cc2ccncc2)cc(OC)c1OC. The maximum Gasteiger partial charge on any atom is 0.295 e. The largest absolute Gasteiger partial charge is 0.507 e. The van der Waals surface area contributed by atoms with Gasteiger partial charge in [0.1, 0.15) is 5.76 Å². The van der Waals surface area contributed by atoms with Crippen LogP contribution >= 0.6 is 0 Å². The molecule has 0 spiro atoms. The summed E-state index contributed by atoms with van der Waals surface area (Å²) in [5.74, 6) is -0.732. The third-order valence-electron chi connectivity index (χ3n) is 5.60. The van der Waals surface area contributed by atoms with Crippen molar-refractivity contribution in [3.8, 4) is 17.2 Å². The van der Waals surface area contributed by atoms with Crippen LogP contribution in [0.5, 0.6) is 17.2 Å². The third-order valence-corrected chi connectivity index (χ3v) is 5.60. The predicted octanol–water partition coefficient (Wildman–Crippen LogP) is 3.12. The van der Waals surface area contributed by atoms with E-state index in [1.54, 1.807) is 48.8 Å². The van der Waals surface area contributed by atoms with Crippen LogP contribution in [0.25, 0.3) is 5.76 Å². The zero-order valence-corrected chi connectivity index (χ0v) is 18.9. The first-order chi connectivity index (χ1) is 16.5. The monoisotopic (exact) mass is 461 g/mol. The summed E-state index contributed by atoms with van der Waals surface area (Å²) in [6.07, 6.45) is 6.21. The van der Waals surface area contributed by atoms with Crippen molar-refractivity contribution in [2.75, 3.05) is 21.3 Å². The number of benzene rings is 1. The Labute approximate surface area is 196 Å². The molecule has 4 rings (SSSR count). The number of methoxy groups -OCH3 is 3. The van der Waals surface area contributed by atoms with E-state index in [0.29, 0.717) is 28.4 Å². The van der Waals surface area contributed by atoms with Gasteiger partial charge in [0.25, 0.3) is 11.7 Å². The van der Waals surface area contributed by atoms with Gasteiger partial charge in [-0.05, 0) is 47.5 Å². The van der Waals surface area contributed by atoms with E-state index in [9.17, 15) is 14.7 Å². The molecule has 1 saturated heterocycles. The van der Waals surface area contributed by atoms with E-state index in [1.165, 1.54) is 38.6 Å². The van der Waals surface area contributed by atoms with Crippen LogP contribution in [0.3, 0.4) is 0 Å². The Balaban J connectivity index is 1.94. The molecular formula is C25H23N3O6. The Morgan fingerprint density at radius 2 is 1.47 bits per heavy atom. The lowest BCUT2D eigenvalue weighted by Crippen LogP contribution is -2.29. The number of ketones is 1. The second-order valence-corrected chi connectivity index (χ2v) is 7.48. The van der Waals surface area contributed by atoms with Crippen LogP contribution in [0.2, 0.25) is 0 Å². The van der Waals surface area contributed by atoms with Crippen LogP contribution in [0.15, 0.2) is 66.8 Å². The molecule has 1 aliphatic heterocycles. The normalized spacial score (nSPS) is 17.0. The Bertz CT molecular complexity index is 1220. The number of carbonyl (C=O) groups excluding carboxylic acids is 2. The lowest BCUT2D eigenvalue weighted by molar-refractivity contribution is -0.140. The van der Waals surface area contributed by atoms with Crippen LogP contribution in [-0.2, 0) is 16.1 Å². The highest BCUT2D eigenvalue weighted by Gasteiger charge is 2.46. The first-order valence-electron chi connectivity index (χ1n) is 10.4. The maximum atomic E-state index is 13.2. The molecule has 9 nitrogen and oxygen atoms in total. The van der Waals surface area contributed by atoms with E-state index in [-0.39, 0.29) is 17.9 Å². The second-order valence-electron chi connectivity index (χ2n) is 7.48. The first kappa shape index (κ1) is 22.8. The Kier molecular flexibility index (Phi) is 6.44. The zero-order valence-electron chi connectivity index (χ0n) is 18.9. The molecule has 1 aromatic carbocycles. The molecule has 174 valence electrons. The van der Waals surface area contributed by atoms with E-state index in [2.05, 4.69) is 9.97 Å². The number of rotatable bonds is 7. The molecule has 2 aromatic heterocycles. The standard InChI is InChI=1S/C25H23N3O6/c1-32-18-12-17(13-19(33-2)24(18)34-3)21-20(22(29)16-6-10-27-11-7-16)23(30)25(31)28(21)14-15-4-8-26-9-5-15/h4-13,21,29H,14H2,1-3H3/b22-20+. The number of nitrogens with zero attached hydrogens (tertiary/aromatic N) is 3. The summed E-state index contributed by atoms with van der Waals surface area (Å²) in [5.41, 5.74) is 1.62. The van der Waals surface area contributed by atoms with Crippen molar-refractivity contribution >= 4 is 17.4 Å². The van der Waals surface area contributed by atoms with Gasteiger partial charge in [-0.2, -0.15) is 0 Å². The fourth-order valence-electron chi connectivity index (χ4n) is 4.00. The van der Waals surface area contributed by atoms with Crippen molar-refractivity contribution in [3.05, 3.63) is 83.4 Å². The summed E-state index contributed by atoms with van der Waals surface area (Å²) in [6, 6.07) is 9.07. The molecule has 34 heavy (non-hydrogen) atoms. The highest BCUT2D eigenvalue weighted by Crippen LogP contribution is 2.46. The molecule has 1 aliphatic rings. The van der Waals surface area contributed by atoms with Gasteiger partial charge in [0.15, 0.2) is 11.5 Å². The Hall–Kier alpha value is -4.40. The minimum atomic E-state index is -0.907. The molecule has 0 radical (unpaired) electrons. The fraction of sp³-hybridized carbons (Fsp3) is 0.200. The first-order valence-corrected chi connectivity index (χ1v) is 10.4. The summed E-state index contributed by atoms with van der Waals surface area (Å²) in [4.78, 5) is 35.8. The molecule has 9 heteroatoms. The molecule has 3 aromatic rings. The number of ether oxygens (including phenoxy) is 3. The minimum Gasteiger partial charge on any atom is -0.507 e. The number of hydrogen-bond acceptors (Lipinski definition) is 8. The number of aromatic nitrogens is 2. The Morgan fingerprint density at radius 1 is 0.912 bits per heavy atom. The molecule has 1 fully saturated rings. The lowest BCUT2D eigenvalue weighted by Gasteiger charge is -2.26. The quantitative estimate of drug-likeness (QED) is 0.325. The van der Waals surface area contributed by atoms with Crippen molar-refractivity contribution < 1.29 is 28.9 Å². The molecule has 1 unspecified atom stereocenters. The van der Waals surface area contributed by atoms with Crippen LogP contribution in [0.4, 0.5) is 0 Å². The number of aliphatic hydroxyl groups excluding tert-OH is 1.